The summed E-state index contributed by atoms with van der Waals surface area (Å²) in [6, 6.07) is 0. The number of rotatable bonds is 5. The van der Waals surface area contributed by atoms with E-state index in [0.29, 0.717) is 32.6 Å². The van der Waals surface area contributed by atoms with Crippen LogP contribution >= 0.6 is 0 Å². The van der Waals surface area contributed by atoms with Crippen molar-refractivity contribution >= 4 is 5.91 Å². The average Bonchev–Trinajstić information content (AvgIpc) is 2.36. The van der Waals surface area contributed by atoms with Gasteiger partial charge in [0.25, 0.3) is 0 Å². The van der Waals surface area contributed by atoms with Crippen LogP contribution in [-0.2, 0) is 9.53 Å². The second-order valence-electron chi connectivity index (χ2n) is 6.74. The molecule has 1 fully saturated rings. The smallest absolute Gasteiger partial charge is 0.224 e. The molecule has 1 aliphatic heterocycles. The van der Waals surface area contributed by atoms with Crippen molar-refractivity contribution < 1.29 is 14.6 Å². The minimum atomic E-state index is -0.527. The van der Waals surface area contributed by atoms with E-state index < -0.39 is 5.54 Å². The van der Waals surface area contributed by atoms with Crippen LogP contribution in [0, 0.1) is 11.3 Å². The van der Waals surface area contributed by atoms with Crippen LogP contribution in [0.4, 0.5) is 0 Å². The third-order valence-electron chi connectivity index (χ3n) is 3.66. The highest BCUT2D eigenvalue weighted by Gasteiger charge is 2.35. The van der Waals surface area contributed by atoms with Gasteiger partial charge in [-0.25, -0.2) is 0 Å². The van der Waals surface area contributed by atoms with Crippen LogP contribution in [-0.4, -0.2) is 42.9 Å². The van der Waals surface area contributed by atoms with Gasteiger partial charge in [0.2, 0.25) is 5.91 Å². The molecule has 5 heteroatoms. The third-order valence-corrected chi connectivity index (χ3v) is 3.66. The van der Waals surface area contributed by atoms with Gasteiger partial charge in [0.15, 0.2) is 0 Å². The summed E-state index contributed by atoms with van der Waals surface area (Å²) in [5, 5.41) is 12.6. The number of carbonyl (C=O) groups is 1. The van der Waals surface area contributed by atoms with Gasteiger partial charge in [0.1, 0.15) is 0 Å². The van der Waals surface area contributed by atoms with E-state index in [1.807, 2.05) is 0 Å². The van der Waals surface area contributed by atoms with E-state index >= 15 is 0 Å². The van der Waals surface area contributed by atoms with Crippen LogP contribution in [0.15, 0.2) is 0 Å². The summed E-state index contributed by atoms with van der Waals surface area (Å²) >= 11 is 0. The van der Waals surface area contributed by atoms with Gasteiger partial charge in [-0.3, -0.25) is 4.79 Å². The van der Waals surface area contributed by atoms with Gasteiger partial charge in [-0.15, -0.1) is 0 Å². The normalized spacial score (nSPS) is 20.9. The fourth-order valence-corrected chi connectivity index (χ4v) is 2.47. The molecule has 0 radical (unpaired) electrons. The number of amides is 1. The van der Waals surface area contributed by atoms with Crippen LogP contribution in [0.5, 0.6) is 0 Å². The van der Waals surface area contributed by atoms with Crippen LogP contribution in [0.1, 0.15) is 40.0 Å². The number of aliphatic hydroxyl groups excluding tert-OH is 1. The molecule has 1 aliphatic rings. The molecular formula is C14H28N2O3. The van der Waals surface area contributed by atoms with Crippen molar-refractivity contribution in [3.8, 4) is 0 Å². The minimum Gasteiger partial charge on any atom is -0.394 e. The van der Waals surface area contributed by atoms with Crippen molar-refractivity contribution in [1.82, 2.24) is 5.32 Å². The molecule has 1 saturated heterocycles. The molecule has 1 unspecified atom stereocenters. The molecule has 1 heterocycles. The monoisotopic (exact) mass is 272 g/mol. The lowest BCUT2D eigenvalue weighted by Gasteiger charge is -2.38. The topological polar surface area (TPSA) is 84.6 Å². The Kier molecular flexibility index (Phi) is 5.77. The summed E-state index contributed by atoms with van der Waals surface area (Å²) in [5.41, 5.74) is 5.25. The van der Waals surface area contributed by atoms with Gasteiger partial charge >= 0.3 is 0 Å². The van der Waals surface area contributed by atoms with Gasteiger partial charge < -0.3 is 20.9 Å². The van der Waals surface area contributed by atoms with Crippen LogP contribution < -0.4 is 11.1 Å². The number of hydrogen-bond donors (Lipinski definition) is 3. The van der Waals surface area contributed by atoms with Gasteiger partial charge in [0, 0.05) is 19.8 Å². The van der Waals surface area contributed by atoms with Gasteiger partial charge in [-0.05, 0) is 24.7 Å². The number of ether oxygens (including phenoxy) is 1. The zero-order chi connectivity index (χ0) is 14.5. The number of nitrogens with two attached hydrogens (primary N) is 1. The van der Waals surface area contributed by atoms with E-state index in [9.17, 15) is 9.90 Å². The van der Waals surface area contributed by atoms with Crippen LogP contribution in [0.3, 0.4) is 0 Å². The molecule has 0 aromatic heterocycles. The predicted octanol–water partition coefficient (Wildman–Crippen LogP) is 0.655. The minimum absolute atomic E-state index is 0.0467. The van der Waals surface area contributed by atoms with Crippen molar-refractivity contribution in [3.63, 3.8) is 0 Å². The fraction of sp³-hybridized carbons (Fsp3) is 0.929. The molecule has 0 saturated carbocycles. The Morgan fingerprint density at radius 2 is 2.00 bits per heavy atom. The molecule has 112 valence electrons. The summed E-state index contributed by atoms with van der Waals surface area (Å²) < 4.78 is 5.29. The van der Waals surface area contributed by atoms with Crippen molar-refractivity contribution in [2.24, 2.45) is 17.1 Å². The molecule has 19 heavy (non-hydrogen) atoms. The van der Waals surface area contributed by atoms with E-state index in [4.69, 9.17) is 10.5 Å². The summed E-state index contributed by atoms with van der Waals surface area (Å²) in [6.07, 6.45) is 2.05. The molecule has 0 aromatic carbocycles. The first-order valence-corrected chi connectivity index (χ1v) is 7.03. The maximum atomic E-state index is 12.3. The Morgan fingerprint density at radius 1 is 1.42 bits per heavy atom. The average molecular weight is 272 g/mol. The second kappa shape index (κ2) is 6.68. The third kappa shape index (κ3) is 5.09. The summed E-state index contributed by atoms with van der Waals surface area (Å²) in [6.45, 7) is 7.73. The molecule has 0 aliphatic carbocycles. The Balaban J connectivity index is 2.64. The van der Waals surface area contributed by atoms with Crippen molar-refractivity contribution in [3.05, 3.63) is 0 Å². The summed E-state index contributed by atoms with van der Waals surface area (Å²) in [5.74, 6) is -0.250. The SMILES string of the molecule is CC(C)(C)CC(CN)C(=O)NC1(CO)CCOCC1. The summed E-state index contributed by atoms with van der Waals surface area (Å²) in [7, 11) is 0. The largest absolute Gasteiger partial charge is 0.394 e. The highest BCUT2D eigenvalue weighted by Crippen LogP contribution is 2.26. The first-order chi connectivity index (χ1) is 8.82. The molecule has 1 atom stereocenters. The van der Waals surface area contributed by atoms with E-state index in [1.165, 1.54) is 0 Å². The van der Waals surface area contributed by atoms with E-state index in [1.54, 1.807) is 0 Å². The second-order valence-corrected chi connectivity index (χ2v) is 6.74. The van der Waals surface area contributed by atoms with Gasteiger partial charge in [0.05, 0.1) is 18.1 Å². The lowest BCUT2D eigenvalue weighted by molar-refractivity contribution is -0.129. The number of hydrogen-bond acceptors (Lipinski definition) is 4. The predicted molar refractivity (Wildman–Crippen MR) is 74.6 cm³/mol. The Hall–Kier alpha value is -0.650. The number of carbonyl (C=O) groups excluding carboxylic acids is 1. The Morgan fingerprint density at radius 3 is 2.42 bits per heavy atom. The molecule has 0 aromatic rings. The standard InChI is InChI=1S/C14H28N2O3/c1-13(2,3)8-11(9-15)12(18)16-14(10-17)4-6-19-7-5-14/h11,17H,4-10,15H2,1-3H3,(H,16,18). The Bertz CT molecular complexity index is 294. The van der Waals surface area contributed by atoms with Gasteiger partial charge in [-0.1, -0.05) is 20.8 Å². The molecular weight excluding hydrogens is 244 g/mol. The van der Waals surface area contributed by atoms with E-state index in [0.717, 1.165) is 6.42 Å². The highest BCUT2D eigenvalue weighted by atomic mass is 16.5. The Labute approximate surface area is 115 Å². The van der Waals surface area contributed by atoms with Crippen molar-refractivity contribution in [2.75, 3.05) is 26.4 Å². The van der Waals surface area contributed by atoms with Crippen molar-refractivity contribution in [1.29, 1.82) is 0 Å². The number of nitrogens with one attached hydrogen (secondary N) is 1. The maximum absolute atomic E-state index is 12.3. The molecule has 1 rings (SSSR count). The van der Waals surface area contributed by atoms with Crippen molar-refractivity contribution in [2.45, 2.75) is 45.6 Å². The van der Waals surface area contributed by atoms with E-state index in [-0.39, 0.29) is 23.8 Å². The fourth-order valence-electron chi connectivity index (χ4n) is 2.47. The molecule has 4 N–H and O–H groups in total. The molecule has 0 spiro atoms. The first kappa shape index (κ1) is 16.4. The maximum Gasteiger partial charge on any atom is 0.224 e. The highest BCUT2D eigenvalue weighted by molar-refractivity contribution is 5.79. The molecule has 5 nitrogen and oxygen atoms in total. The van der Waals surface area contributed by atoms with E-state index in [2.05, 4.69) is 26.1 Å². The van der Waals surface area contributed by atoms with Crippen LogP contribution in [0.25, 0.3) is 0 Å². The van der Waals surface area contributed by atoms with Gasteiger partial charge in [-0.2, -0.15) is 0 Å². The zero-order valence-corrected chi connectivity index (χ0v) is 12.4. The lowest BCUT2D eigenvalue weighted by atomic mass is 9.83. The lowest BCUT2D eigenvalue weighted by Crippen LogP contribution is -2.56. The first-order valence-electron chi connectivity index (χ1n) is 7.03. The molecule has 1 amide bonds. The number of aliphatic hydroxyl groups is 1. The summed E-state index contributed by atoms with van der Waals surface area (Å²) in [4.78, 5) is 12.3. The zero-order valence-electron chi connectivity index (χ0n) is 12.4. The molecule has 0 bridgehead atoms. The quantitative estimate of drug-likeness (QED) is 0.686. The van der Waals surface area contributed by atoms with Crippen LogP contribution in [0.2, 0.25) is 0 Å².